The van der Waals surface area contributed by atoms with E-state index in [1.54, 1.807) is 11.8 Å². The number of nitrogens with one attached hydrogen (secondary N) is 1. The minimum absolute atomic E-state index is 0.161. The molecule has 1 heterocycles. The molecule has 6 heteroatoms. The molecule has 0 saturated heterocycles. The molecule has 6 nitrogen and oxygen atoms in total. The largest absolute Gasteiger partial charge is 0.385 e. The van der Waals surface area contributed by atoms with E-state index < -0.39 is 0 Å². The fourth-order valence-corrected chi connectivity index (χ4v) is 2.91. The molecule has 0 saturated carbocycles. The standard InChI is InChI=1S/C22H26N4O2/c1-15-7-10-18(11-8-15)21-24-20(22(27)23-12-5-13-28-4)25-26(21)19-14-16(2)6-9-17(19)3/h6-11,14H,5,12-13H2,1-4H3,(H,23,27). The van der Waals surface area contributed by atoms with E-state index in [2.05, 4.69) is 33.6 Å². The van der Waals surface area contributed by atoms with Gasteiger partial charge < -0.3 is 10.1 Å². The van der Waals surface area contributed by atoms with Gasteiger partial charge in [0.25, 0.3) is 5.91 Å². The van der Waals surface area contributed by atoms with E-state index in [9.17, 15) is 4.79 Å². The van der Waals surface area contributed by atoms with Gasteiger partial charge in [0, 0.05) is 25.8 Å². The lowest BCUT2D eigenvalue weighted by Crippen LogP contribution is -2.26. The lowest BCUT2D eigenvalue weighted by Gasteiger charge is -2.10. The molecule has 0 spiro atoms. The Morgan fingerprint density at radius 1 is 1.07 bits per heavy atom. The Kier molecular flexibility index (Phi) is 6.21. The molecule has 1 N–H and O–H groups in total. The SMILES string of the molecule is COCCCNC(=O)c1nc(-c2ccc(C)cc2)n(-c2cc(C)ccc2C)n1. The number of aromatic nitrogens is 3. The molecular weight excluding hydrogens is 352 g/mol. The quantitative estimate of drug-likeness (QED) is 0.638. The summed E-state index contributed by atoms with van der Waals surface area (Å²) in [6, 6.07) is 14.2. The molecule has 3 rings (SSSR count). The first-order chi connectivity index (χ1) is 13.5. The number of carbonyl (C=O) groups is 1. The summed E-state index contributed by atoms with van der Waals surface area (Å²) >= 11 is 0. The first kappa shape index (κ1) is 19.8. The summed E-state index contributed by atoms with van der Waals surface area (Å²) < 4.78 is 6.78. The van der Waals surface area contributed by atoms with E-state index in [-0.39, 0.29) is 11.7 Å². The number of rotatable bonds is 7. The van der Waals surface area contributed by atoms with Crippen molar-refractivity contribution in [3.8, 4) is 17.1 Å². The topological polar surface area (TPSA) is 69.0 Å². The van der Waals surface area contributed by atoms with E-state index in [1.165, 1.54) is 0 Å². The highest BCUT2D eigenvalue weighted by atomic mass is 16.5. The van der Waals surface area contributed by atoms with Crippen LogP contribution >= 0.6 is 0 Å². The van der Waals surface area contributed by atoms with Crippen LogP contribution in [-0.2, 0) is 4.74 Å². The molecule has 0 bridgehead atoms. The maximum atomic E-state index is 12.6. The van der Waals surface area contributed by atoms with Crippen molar-refractivity contribution in [3.05, 3.63) is 65.0 Å². The fraction of sp³-hybridized carbons (Fsp3) is 0.318. The summed E-state index contributed by atoms with van der Waals surface area (Å²) in [5.74, 6) is 0.526. The van der Waals surface area contributed by atoms with E-state index in [0.717, 1.165) is 34.4 Å². The second kappa shape index (κ2) is 8.80. The fourth-order valence-electron chi connectivity index (χ4n) is 2.91. The summed E-state index contributed by atoms with van der Waals surface area (Å²) in [6.45, 7) is 7.22. The highest BCUT2D eigenvalue weighted by Crippen LogP contribution is 2.24. The van der Waals surface area contributed by atoms with Gasteiger partial charge in [0.2, 0.25) is 5.82 Å². The average molecular weight is 378 g/mol. The van der Waals surface area contributed by atoms with Gasteiger partial charge in [-0.1, -0.05) is 42.0 Å². The maximum Gasteiger partial charge on any atom is 0.290 e. The van der Waals surface area contributed by atoms with Crippen molar-refractivity contribution in [3.63, 3.8) is 0 Å². The molecule has 3 aromatic rings. The Labute approximate surface area is 165 Å². The van der Waals surface area contributed by atoms with Crippen LogP contribution < -0.4 is 5.32 Å². The van der Waals surface area contributed by atoms with Crippen LogP contribution in [0.1, 0.15) is 33.7 Å². The Morgan fingerprint density at radius 2 is 1.79 bits per heavy atom. The lowest BCUT2D eigenvalue weighted by molar-refractivity contribution is 0.0938. The normalized spacial score (nSPS) is 10.9. The summed E-state index contributed by atoms with van der Waals surface area (Å²) in [4.78, 5) is 17.1. The van der Waals surface area contributed by atoms with Gasteiger partial charge in [0.05, 0.1) is 5.69 Å². The van der Waals surface area contributed by atoms with Crippen molar-refractivity contribution >= 4 is 5.91 Å². The molecule has 0 unspecified atom stereocenters. The van der Waals surface area contributed by atoms with Crippen LogP contribution in [0.4, 0.5) is 0 Å². The summed E-state index contributed by atoms with van der Waals surface area (Å²) in [5, 5.41) is 7.40. The molecule has 1 amide bonds. The van der Waals surface area contributed by atoms with Gasteiger partial charge in [-0.3, -0.25) is 4.79 Å². The van der Waals surface area contributed by atoms with Crippen molar-refractivity contribution in [1.29, 1.82) is 0 Å². The number of benzene rings is 2. The molecule has 146 valence electrons. The van der Waals surface area contributed by atoms with Crippen molar-refractivity contribution in [2.75, 3.05) is 20.3 Å². The van der Waals surface area contributed by atoms with Crippen LogP contribution in [-0.4, -0.2) is 40.9 Å². The minimum atomic E-state index is -0.284. The van der Waals surface area contributed by atoms with Crippen molar-refractivity contribution in [2.24, 2.45) is 0 Å². The number of hydrogen-bond acceptors (Lipinski definition) is 4. The molecule has 0 aliphatic carbocycles. The summed E-state index contributed by atoms with van der Waals surface area (Å²) in [7, 11) is 1.64. The van der Waals surface area contributed by atoms with Crippen molar-refractivity contribution < 1.29 is 9.53 Å². The van der Waals surface area contributed by atoms with Crippen LogP contribution in [0.2, 0.25) is 0 Å². The molecule has 2 aromatic carbocycles. The van der Waals surface area contributed by atoms with Crippen LogP contribution in [0.15, 0.2) is 42.5 Å². The van der Waals surface area contributed by atoms with Crippen LogP contribution in [0.3, 0.4) is 0 Å². The van der Waals surface area contributed by atoms with E-state index in [4.69, 9.17) is 4.74 Å². The Bertz CT molecular complexity index is 961. The minimum Gasteiger partial charge on any atom is -0.385 e. The van der Waals surface area contributed by atoms with E-state index >= 15 is 0 Å². The first-order valence-electron chi connectivity index (χ1n) is 9.38. The number of amides is 1. The highest BCUT2D eigenvalue weighted by Gasteiger charge is 2.19. The van der Waals surface area contributed by atoms with Crippen molar-refractivity contribution in [1.82, 2.24) is 20.1 Å². The van der Waals surface area contributed by atoms with Gasteiger partial charge in [-0.05, 0) is 44.4 Å². The zero-order valence-corrected chi connectivity index (χ0v) is 16.8. The number of ether oxygens (including phenoxy) is 1. The van der Waals surface area contributed by atoms with Gasteiger partial charge in [-0.2, -0.15) is 0 Å². The van der Waals surface area contributed by atoms with Gasteiger partial charge in [-0.15, -0.1) is 5.10 Å². The summed E-state index contributed by atoms with van der Waals surface area (Å²) in [6.07, 6.45) is 0.741. The van der Waals surface area contributed by atoms with Crippen LogP contribution in [0.5, 0.6) is 0 Å². The zero-order chi connectivity index (χ0) is 20.1. The Hall–Kier alpha value is -2.99. The third-order valence-corrected chi connectivity index (χ3v) is 4.52. The Balaban J connectivity index is 2.01. The molecule has 0 radical (unpaired) electrons. The smallest absolute Gasteiger partial charge is 0.290 e. The van der Waals surface area contributed by atoms with Gasteiger partial charge in [0.15, 0.2) is 5.82 Å². The Morgan fingerprint density at radius 3 is 2.50 bits per heavy atom. The lowest BCUT2D eigenvalue weighted by atomic mass is 10.1. The van der Waals surface area contributed by atoms with Gasteiger partial charge in [0.1, 0.15) is 0 Å². The molecule has 1 aromatic heterocycles. The summed E-state index contributed by atoms with van der Waals surface area (Å²) in [5.41, 5.74) is 5.18. The molecule has 0 fully saturated rings. The molecule has 0 atom stereocenters. The highest BCUT2D eigenvalue weighted by molar-refractivity contribution is 5.91. The predicted molar refractivity (Wildman–Crippen MR) is 110 cm³/mol. The monoisotopic (exact) mass is 378 g/mol. The number of hydrogen-bond donors (Lipinski definition) is 1. The number of methoxy groups -OCH3 is 1. The predicted octanol–water partition coefficient (Wildman–Crippen LogP) is 3.63. The van der Waals surface area contributed by atoms with Crippen LogP contribution in [0, 0.1) is 20.8 Å². The molecule has 0 aliphatic heterocycles. The van der Waals surface area contributed by atoms with Crippen LogP contribution in [0.25, 0.3) is 17.1 Å². The number of aryl methyl sites for hydroxylation is 3. The first-order valence-corrected chi connectivity index (χ1v) is 9.38. The third kappa shape index (κ3) is 4.46. The third-order valence-electron chi connectivity index (χ3n) is 4.52. The molecule has 0 aliphatic rings. The molecule has 28 heavy (non-hydrogen) atoms. The maximum absolute atomic E-state index is 12.6. The van der Waals surface area contributed by atoms with Crippen molar-refractivity contribution in [2.45, 2.75) is 27.2 Å². The number of carbonyl (C=O) groups excluding carboxylic acids is 1. The van der Waals surface area contributed by atoms with Gasteiger partial charge in [-0.25, -0.2) is 9.67 Å². The average Bonchev–Trinajstić information content (AvgIpc) is 3.13. The second-order valence-corrected chi connectivity index (χ2v) is 6.93. The number of nitrogens with zero attached hydrogens (tertiary/aromatic N) is 3. The van der Waals surface area contributed by atoms with E-state index in [0.29, 0.717) is 19.0 Å². The zero-order valence-electron chi connectivity index (χ0n) is 16.8. The van der Waals surface area contributed by atoms with Gasteiger partial charge >= 0.3 is 0 Å². The second-order valence-electron chi connectivity index (χ2n) is 6.93. The molecular formula is C22H26N4O2. The van der Waals surface area contributed by atoms with E-state index in [1.807, 2.05) is 45.0 Å².